The van der Waals surface area contributed by atoms with Gasteiger partial charge in [-0.15, -0.1) is 0 Å². The molecule has 0 aliphatic carbocycles. The molecule has 0 amide bonds. The third-order valence-corrected chi connectivity index (χ3v) is 8.74. The van der Waals surface area contributed by atoms with Crippen LogP contribution in [-0.4, -0.2) is 18.7 Å². The number of ether oxygens (including phenoxy) is 1. The van der Waals surface area contributed by atoms with Gasteiger partial charge in [0, 0.05) is 18.7 Å². The molecule has 0 N–H and O–H groups in total. The van der Waals surface area contributed by atoms with Crippen molar-refractivity contribution in [3.8, 4) is 0 Å². The maximum Gasteiger partial charge on any atom is 0.340 e. The molecule has 1 atom stereocenters. The van der Waals surface area contributed by atoms with Crippen molar-refractivity contribution in [1.82, 2.24) is 4.31 Å². The Bertz CT molecular complexity index is 1360. The zero-order valence-electron chi connectivity index (χ0n) is 18.6. The topological polar surface area (TPSA) is 63.7 Å². The third-order valence-electron chi connectivity index (χ3n) is 6.94. The van der Waals surface area contributed by atoms with Crippen LogP contribution in [0.5, 0.6) is 0 Å². The molecular weight excluding hydrogens is 422 g/mol. The molecule has 0 unspecified atom stereocenters. The Labute approximate surface area is 188 Å². The lowest BCUT2D eigenvalue weighted by atomic mass is 9.80. The number of fused-ring (bicyclic) bond motifs is 3. The van der Waals surface area contributed by atoms with Gasteiger partial charge < -0.3 is 4.74 Å². The summed E-state index contributed by atoms with van der Waals surface area (Å²) < 4.78 is 34.1. The first-order valence-electron chi connectivity index (χ1n) is 10.7. The zero-order valence-corrected chi connectivity index (χ0v) is 19.4. The van der Waals surface area contributed by atoms with Gasteiger partial charge >= 0.3 is 5.97 Å². The van der Waals surface area contributed by atoms with Gasteiger partial charge in [-0.05, 0) is 67.6 Å². The van der Waals surface area contributed by atoms with Crippen LogP contribution in [0.1, 0.15) is 56.2 Å². The number of hydrogen-bond donors (Lipinski definition) is 0. The van der Waals surface area contributed by atoms with E-state index in [1.54, 1.807) is 24.3 Å². The summed E-state index contributed by atoms with van der Waals surface area (Å²) in [5, 5.41) is 0. The van der Waals surface area contributed by atoms with E-state index in [9.17, 15) is 13.2 Å². The van der Waals surface area contributed by atoms with E-state index in [-0.39, 0.29) is 24.0 Å². The number of hydrogen-bond acceptors (Lipinski definition) is 4. The summed E-state index contributed by atoms with van der Waals surface area (Å²) in [4.78, 5) is 13.4. The maximum absolute atomic E-state index is 13.4. The average molecular weight is 448 g/mol. The number of sulfonamides is 1. The third kappa shape index (κ3) is 2.86. The van der Waals surface area contributed by atoms with Gasteiger partial charge in [0.25, 0.3) is 0 Å². The van der Waals surface area contributed by atoms with Crippen LogP contribution in [-0.2, 0) is 33.5 Å². The standard InChI is InChI=1S/C26H25NO4S/c1-16-10-12-20(13-11-16)32(29,30)27-14-21-17(2)18(3)24-23(22(21)15-27)25(28)31-26(24,4)19-8-6-5-7-9-19/h5-13H,14-15H2,1-4H3/t26-/m1/s1. The number of esters is 1. The molecule has 5 nitrogen and oxygen atoms in total. The SMILES string of the molecule is Cc1ccc(S(=O)(=O)N2Cc3c(C)c(C)c4c(c3C2)C(=O)O[C@]4(C)c2ccccc2)cc1. The highest BCUT2D eigenvalue weighted by atomic mass is 32.2. The molecule has 0 fully saturated rings. The molecule has 164 valence electrons. The van der Waals surface area contributed by atoms with Crippen molar-refractivity contribution in [2.75, 3.05) is 0 Å². The molecule has 2 heterocycles. The summed E-state index contributed by atoms with van der Waals surface area (Å²) in [5.41, 5.74) is 6.04. The monoisotopic (exact) mass is 447 g/mol. The lowest BCUT2D eigenvalue weighted by Crippen LogP contribution is -2.25. The number of cyclic esters (lactones) is 1. The Morgan fingerprint density at radius 1 is 0.875 bits per heavy atom. The fraction of sp³-hybridized carbons (Fsp3) is 0.269. The van der Waals surface area contributed by atoms with Crippen molar-refractivity contribution < 1.29 is 17.9 Å². The van der Waals surface area contributed by atoms with Crippen molar-refractivity contribution in [2.24, 2.45) is 0 Å². The minimum absolute atomic E-state index is 0.162. The van der Waals surface area contributed by atoms with Crippen LogP contribution in [0.3, 0.4) is 0 Å². The predicted octanol–water partition coefficient (Wildman–Crippen LogP) is 4.75. The second-order valence-electron chi connectivity index (χ2n) is 8.83. The van der Waals surface area contributed by atoms with Crippen molar-refractivity contribution >= 4 is 16.0 Å². The molecule has 5 rings (SSSR count). The van der Waals surface area contributed by atoms with E-state index in [1.165, 1.54) is 4.31 Å². The van der Waals surface area contributed by atoms with Gasteiger partial charge in [0.2, 0.25) is 10.0 Å². The Balaban J connectivity index is 1.64. The Morgan fingerprint density at radius 3 is 2.16 bits per heavy atom. The van der Waals surface area contributed by atoms with Gasteiger partial charge in [-0.1, -0.05) is 48.0 Å². The van der Waals surface area contributed by atoms with E-state index in [2.05, 4.69) is 0 Å². The van der Waals surface area contributed by atoms with Crippen LogP contribution < -0.4 is 0 Å². The van der Waals surface area contributed by atoms with Gasteiger partial charge in [0.1, 0.15) is 0 Å². The highest BCUT2D eigenvalue weighted by molar-refractivity contribution is 7.89. The van der Waals surface area contributed by atoms with E-state index >= 15 is 0 Å². The minimum Gasteiger partial charge on any atom is -0.446 e. The van der Waals surface area contributed by atoms with E-state index in [0.717, 1.165) is 38.9 Å². The zero-order chi connectivity index (χ0) is 22.8. The number of benzene rings is 3. The van der Waals surface area contributed by atoms with Crippen LogP contribution in [0, 0.1) is 20.8 Å². The highest BCUT2D eigenvalue weighted by Gasteiger charge is 2.48. The molecule has 0 radical (unpaired) electrons. The second kappa shape index (κ2) is 7.02. The van der Waals surface area contributed by atoms with Crippen LogP contribution in [0.2, 0.25) is 0 Å². The number of carbonyl (C=O) groups is 1. The van der Waals surface area contributed by atoms with Crippen LogP contribution >= 0.6 is 0 Å². The molecule has 0 saturated carbocycles. The molecule has 0 spiro atoms. The number of carbonyl (C=O) groups excluding carboxylic acids is 1. The molecule has 6 heteroatoms. The summed E-state index contributed by atoms with van der Waals surface area (Å²) in [5.74, 6) is -0.389. The Hall–Kier alpha value is -2.96. The maximum atomic E-state index is 13.4. The summed E-state index contributed by atoms with van der Waals surface area (Å²) in [6.45, 7) is 8.25. The Kier molecular flexibility index (Phi) is 4.59. The van der Waals surface area contributed by atoms with Gasteiger partial charge in [-0.2, -0.15) is 4.31 Å². The largest absolute Gasteiger partial charge is 0.446 e. The van der Waals surface area contributed by atoms with Gasteiger partial charge in [-0.25, -0.2) is 13.2 Å². The molecule has 3 aromatic carbocycles. The first-order chi connectivity index (χ1) is 15.1. The first kappa shape index (κ1) is 20.9. The second-order valence-corrected chi connectivity index (χ2v) is 10.8. The molecule has 3 aromatic rings. The fourth-order valence-electron chi connectivity index (χ4n) is 5.02. The van der Waals surface area contributed by atoms with Crippen LogP contribution in [0.15, 0.2) is 59.5 Å². The molecule has 0 aromatic heterocycles. The quantitative estimate of drug-likeness (QED) is 0.544. The lowest BCUT2D eigenvalue weighted by Gasteiger charge is -2.27. The molecule has 32 heavy (non-hydrogen) atoms. The molecular formula is C26H25NO4S. The smallest absolute Gasteiger partial charge is 0.340 e. The van der Waals surface area contributed by atoms with Crippen LogP contribution in [0.25, 0.3) is 0 Å². The van der Waals surface area contributed by atoms with E-state index in [0.29, 0.717) is 5.56 Å². The van der Waals surface area contributed by atoms with Crippen molar-refractivity contribution in [2.45, 2.75) is 51.3 Å². The van der Waals surface area contributed by atoms with E-state index in [4.69, 9.17) is 4.74 Å². The minimum atomic E-state index is -3.69. The molecule has 2 aliphatic heterocycles. The summed E-state index contributed by atoms with van der Waals surface area (Å²) >= 11 is 0. The Morgan fingerprint density at radius 2 is 1.50 bits per heavy atom. The molecule has 2 aliphatic rings. The predicted molar refractivity (Wildman–Crippen MR) is 122 cm³/mol. The molecule has 0 saturated heterocycles. The van der Waals surface area contributed by atoms with E-state index < -0.39 is 15.6 Å². The van der Waals surface area contributed by atoms with Crippen molar-refractivity contribution in [1.29, 1.82) is 0 Å². The van der Waals surface area contributed by atoms with Gasteiger partial charge in [0.05, 0.1) is 10.5 Å². The van der Waals surface area contributed by atoms with Crippen molar-refractivity contribution in [3.63, 3.8) is 0 Å². The summed E-state index contributed by atoms with van der Waals surface area (Å²) in [7, 11) is -3.69. The fourth-order valence-corrected chi connectivity index (χ4v) is 6.40. The molecule has 0 bridgehead atoms. The average Bonchev–Trinajstić information content (AvgIpc) is 3.33. The van der Waals surface area contributed by atoms with Crippen LogP contribution in [0.4, 0.5) is 0 Å². The number of aryl methyl sites for hydroxylation is 1. The number of rotatable bonds is 3. The normalized spacial score (nSPS) is 20.2. The number of nitrogens with zero attached hydrogens (tertiary/aromatic N) is 1. The summed E-state index contributed by atoms with van der Waals surface area (Å²) in [6, 6.07) is 16.6. The lowest BCUT2D eigenvalue weighted by molar-refractivity contribution is 0.0178. The van der Waals surface area contributed by atoms with Crippen molar-refractivity contribution in [3.05, 3.63) is 99.1 Å². The van der Waals surface area contributed by atoms with Gasteiger partial charge in [0.15, 0.2) is 5.60 Å². The summed E-state index contributed by atoms with van der Waals surface area (Å²) in [6.07, 6.45) is 0. The van der Waals surface area contributed by atoms with E-state index in [1.807, 2.05) is 58.0 Å². The van der Waals surface area contributed by atoms with Gasteiger partial charge in [-0.3, -0.25) is 0 Å². The first-order valence-corrected chi connectivity index (χ1v) is 12.1. The highest BCUT2D eigenvalue weighted by Crippen LogP contribution is 2.48.